The van der Waals surface area contributed by atoms with E-state index in [1.807, 2.05) is 24.6 Å². The van der Waals surface area contributed by atoms with E-state index < -0.39 is 0 Å². The molecule has 0 N–H and O–H groups in total. The lowest BCUT2D eigenvalue weighted by Crippen LogP contribution is -2.37. The zero-order chi connectivity index (χ0) is 19.7. The van der Waals surface area contributed by atoms with Gasteiger partial charge >= 0.3 is 0 Å². The number of hydrogen-bond acceptors (Lipinski definition) is 5. The summed E-state index contributed by atoms with van der Waals surface area (Å²) in [5.41, 5.74) is 2.71. The minimum atomic E-state index is 0.0320. The van der Waals surface area contributed by atoms with Crippen molar-refractivity contribution in [2.24, 2.45) is 5.92 Å². The fourth-order valence-corrected chi connectivity index (χ4v) is 3.81. The number of nitrogens with zero attached hydrogens (tertiary/aromatic N) is 5. The van der Waals surface area contributed by atoms with Gasteiger partial charge in [0.2, 0.25) is 0 Å². The van der Waals surface area contributed by atoms with Gasteiger partial charge in [0.25, 0.3) is 0 Å². The van der Waals surface area contributed by atoms with E-state index in [1.54, 1.807) is 36.7 Å². The highest BCUT2D eigenvalue weighted by Crippen LogP contribution is 2.25. The fraction of sp³-hybridized carbons (Fsp3) is 0.333. The zero-order valence-electron chi connectivity index (χ0n) is 16.0. The first-order valence-electron chi connectivity index (χ1n) is 9.41. The molecule has 0 radical (unpaired) electrons. The summed E-state index contributed by atoms with van der Waals surface area (Å²) in [4.78, 5) is 24.0. The second-order valence-corrected chi connectivity index (χ2v) is 7.64. The molecule has 0 aliphatic carbocycles. The highest BCUT2D eigenvalue weighted by molar-refractivity contribution is 6.30. The van der Waals surface area contributed by atoms with Gasteiger partial charge < -0.3 is 4.90 Å². The molecule has 7 heteroatoms. The predicted octanol–water partition coefficient (Wildman–Crippen LogP) is 4.03. The quantitative estimate of drug-likeness (QED) is 0.624. The molecular formula is C21H22ClN5O. The van der Waals surface area contributed by atoms with Gasteiger partial charge in [-0.25, -0.2) is 9.67 Å². The molecule has 0 atom stereocenters. The highest BCUT2D eigenvalue weighted by atomic mass is 35.5. The maximum atomic E-state index is 12.7. The number of aromatic nitrogens is 4. The van der Waals surface area contributed by atoms with Crippen LogP contribution in [0.5, 0.6) is 0 Å². The van der Waals surface area contributed by atoms with Crippen molar-refractivity contribution >= 4 is 23.2 Å². The maximum absolute atomic E-state index is 12.7. The van der Waals surface area contributed by atoms with Crippen molar-refractivity contribution in [3.8, 4) is 5.82 Å². The third-order valence-electron chi connectivity index (χ3n) is 5.15. The van der Waals surface area contributed by atoms with Gasteiger partial charge in [0.1, 0.15) is 5.82 Å². The van der Waals surface area contributed by atoms with Crippen LogP contribution in [0.1, 0.15) is 34.6 Å². The highest BCUT2D eigenvalue weighted by Gasteiger charge is 2.26. The van der Waals surface area contributed by atoms with Crippen molar-refractivity contribution in [3.05, 3.63) is 64.7 Å². The molecule has 144 valence electrons. The Morgan fingerprint density at radius 3 is 2.39 bits per heavy atom. The molecule has 0 spiro atoms. The second-order valence-electron chi connectivity index (χ2n) is 7.21. The topological polar surface area (TPSA) is 63.9 Å². The number of rotatable bonds is 4. The first-order valence-corrected chi connectivity index (χ1v) is 9.79. The van der Waals surface area contributed by atoms with Crippen LogP contribution in [0.2, 0.25) is 5.02 Å². The summed E-state index contributed by atoms with van der Waals surface area (Å²) in [6, 6.07) is 9.16. The van der Waals surface area contributed by atoms with Crippen LogP contribution < -0.4 is 4.90 Å². The van der Waals surface area contributed by atoms with Crippen LogP contribution in [0.4, 0.5) is 5.82 Å². The SMILES string of the molecule is Cc1cc(C)n(-c2cncc(N3CCC(C(=O)c4ccc(Cl)cc4)CC3)n2)n1. The van der Waals surface area contributed by atoms with E-state index in [0.29, 0.717) is 10.8 Å². The van der Waals surface area contributed by atoms with Crippen LogP contribution >= 0.6 is 11.6 Å². The van der Waals surface area contributed by atoms with E-state index in [4.69, 9.17) is 16.6 Å². The van der Waals surface area contributed by atoms with Gasteiger partial charge in [0.15, 0.2) is 11.6 Å². The number of piperidine rings is 1. The number of Topliss-reactive ketones (excluding diaryl/α,β-unsaturated/α-hetero) is 1. The Kier molecular flexibility index (Phi) is 5.13. The molecule has 4 rings (SSSR count). The van der Waals surface area contributed by atoms with Crippen LogP contribution in [0.25, 0.3) is 5.82 Å². The van der Waals surface area contributed by atoms with Gasteiger partial charge in [0, 0.05) is 35.3 Å². The molecule has 1 fully saturated rings. The van der Waals surface area contributed by atoms with Crippen molar-refractivity contribution in [3.63, 3.8) is 0 Å². The van der Waals surface area contributed by atoms with Crippen LogP contribution in [0.15, 0.2) is 42.7 Å². The lowest BCUT2D eigenvalue weighted by Gasteiger charge is -2.32. The van der Waals surface area contributed by atoms with Gasteiger partial charge in [-0.15, -0.1) is 0 Å². The van der Waals surface area contributed by atoms with Crippen molar-refractivity contribution in [1.29, 1.82) is 0 Å². The zero-order valence-corrected chi connectivity index (χ0v) is 16.7. The molecule has 3 aromatic rings. The summed E-state index contributed by atoms with van der Waals surface area (Å²) >= 11 is 5.92. The van der Waals surface area contributed by atoms with Gasteiger partial charge in [-0.05, 0) is 57.0 Å². The first-order chi connectivity index (χ1) is 13.5. The summed E-state index contributed by atoms with van der Waals surface area (Å²) in [5, 5.41) is 5.13. The molecule has 1 aliphatic heterocycles. The smallest absolute Gasteiger partial charge is 0.174 e. The number of carbonyl (C=O) groups is 1. The Morgan fingerprint density at radius 2 is 1.75 bits per heavy atom. The Morgan fingerprint density at radius 1 is 1.07 bits per heavy atom. The van der Waals surface area contributed by atoms with Crippen LogP contribution in [-0.4, -0.2) is 38.6 Å². The van der Waals surface area contributed by atoms with Crippen LogP contribution in [0.3, 0.4) is 0 Å². The molecule has 2 aromatic heterocycles. The van der Waals surface area contributed by atoms with Gasteiger partial charge in [-0.2, -0.15) is 5.10 Å². The van der Waals surface area contributed by atoms with Crippen molar-refractivity contribution in [1.82, 2.24) is 19.7 Å². The molecule has 0 amide bonds. The van der Waals surface area contributed by atoms with E-state index in [1.165, 1.54) is 0 Å². The third-order valence-corrected chi connectivity index (χ3v) is 5.41. The molecule has 0 bridgehead atoms. The van der Waals surface area contributed by atoms with E-state index in [0.717, 1.165) is 48.7 Å². The van der Waals surface area contributed by atoms with Gasteiger partial charge in [0.05, 0.1) is 18.1 Å². The molecule has 1 aromatic carbocycles. The largest absolute Gasteiger partial charge is 0.355 e. The van der Waals surface area contributed by atoms with E-state index in [2.05, 4.69) is 15.0 Å². The molecule has 0 saturated carbocycles. The summed E-state index contributed by atoms with van der Waals surface area (Å²) in [6.45, 7) is 5.52. The molecule has 28 heavy (non-hydrogen) atoms. The van der Waals surface area contributed by atoms with E-state index in [9.17, 15) is 4.79 Å². The summed E-state index contributed by atoms with van der Waals surface area (Å²) in [7, 11) is 0. The molecule has 3 heterocycles. The Bertz CT molecular complexity index is 990. The Labute approximate surface area is 169 Å². The maximum Gasteiger partial charge on any atom is 0.174 e. The Hall–Kier alpha value is -2.73. The number of halogens is 1. The van der Waals surface area contributed by atoms with Crippen molar-refractivity contribution < 1.29 is 4.79 Å². The predicted molar refractivity (Wildman–Crippen MR) is 109 cm³/mol. The monoisotopic (exact) mass is 395 g/mol. The normalized spacial score (nSPS) is 15.0. The second kappa shape index (κ2) is 7.72. The lowest BCUT2D eigenvalue weighted by molar-refractivity contribution is 0.0900. The van der Waals surface area contributed by atoms with Crippen LogP contribution in [0, 0.1) is 19.8 Å². The van der Waals surface area contributed by atoms with Gasteiger partial charge in [-0.1, -0.05) is 11.6 Å². The Balaban J connectivity index is 1.45. The third kappa shape index (κ3) is 3.78. The summed E-state index contributed by atoms with van der Waals surface area (Å²) in [5.74, 6) is 1.76. The molecule has 0 unspecified atom stereocenters. The molecule has 1 aliphatic rings. The van der Waals surface area contributed by atoms with E-state index >= 15 is 0 Å². The molecular weight excluding hydrogens is 374 g/mol. The molecule has 6 nitrogen and oxygen atoms in total. The van der Waals surface area contributed by atoms with Crippen molar-refractivity contribution in [2.75, 3.05) is 18.0 Å². The standard InChI is InChI=1S/C21H22ClN5O/c1-14-11-15(2)27(25-14)20-13-23-12-19(24-20)26-9-7-17(8-10-26)21(28)16-3-5-18(22)6-4-16/h3-6,11-13,17H,7-10H2,1-2H3. The minimum absolute atomic E-state index is 0.0320. The number of anilines is 1. The number of benzene rings is 1. The fourth-order valence-electron chi connectivity index (χ4n) is 3.68. The molecule has 1 saturated heterocycles. The average Bonchev–Trinajstić information content (AvgIpc) is 3.06. The van der Waals surface area contributed by atoms with E-state index in [-0.39, 0.29) is 11.7 Å². The van der Waals surface area contributed by atoms with Gasteiger partial charge in [-0.3, -0.25) is 9.78 Å². The van der Waals surface area contributed by atoms with Crippen molar-refractivity contribution in [2.45, 2.75) is 26.7 Å². The number of aryl methyl sites for hydroxylation is 2. The summed E-state index contributed by atoms with van der Waals surface area (Å²) in [6.07, 6.45) is 5.09. The average molecular weight is 396 g/mol. The minimum Gasteiger partial charge on any atom is -0.355 e. The number of hydrogen-bond donors (Lipinski definition) is 0. The summed E-state index contributed by atoms with van der Waals surface area (Å²) < 4.78 is 1.81. The van der Waals surface area contributed by atoms with Crippen LogP contribution in [-0.2, 0) is 0 Å². The first kappa shape index (κ1) is 18.6. The number of carbonyl (C=O) groups excluding carboxylic acids is 1. The lowest BCUT2D eigenvalue weighted by atomic mass is 9.89. The number of ketones is 1.